The van der Waals surface area contributed by atoms with Crippen molar-refractivity contribution in [1.29, 1.82) is 0 Å². The van der Waals surface area contributed by atoms with Crippen molar-refractivity contribution in [1.82, 2.24) is 19.9 Å². The fraction of sp³-hybridized carbons (Fsp3) is 0.353. The molecule has 2 aliphatic heterocycles. The van der Waals surface area contributed by atoms with E-state index in [0.29, 0.717) is 11.4 Å². The van der Waals surface area contributed by atoms with Gasteiger partial charge in [-0.2, -0.15) is 0 Å². The Kier molecular flexibility index (Phi) is 11.6. The number of hydrogen-bond acceptors (Lipinski definition) is 6. The molecule has 0 aromatic carbocycles. The number of aromatic nitrogens is 4. The van der Waals surface area contributed by atoms with E-state index >= 15 is 0 Å². The van der Waals surface area contributed by atoms with E-state index in [1.807, 2.05) is 32.0 Å². The summed E-state index contributed by atoms with van der Waals surface area (Å²) >= 11 is -0.826. The van der Waals surface area contributed by atoms with Gasteiger partial charge in [-0.15, -0.1) is 0 Å². The first kappa shape index (κ1) is 34.8. The van der Waals surface area contributed by atoms with Gasteiger partial charge in [-0.1, -0.05) is 13.8 Å². The minimum atomic E-state index is -1.13. The molecule has 5 heterocycles. The van der Waals surface area contributed by atoms with Crippen molar-refractivity contribution < 1.29 is 19.8 Å². The fourth-order valence-corrected chi connectivity index (χ4v) is 6.21. The third-order valence-corrected chi connectivity index (χ3v) is 8.67. The Hall–Kier alpha value is -3.08. The predicted molar refractivity (Wildman–Crippen MR) is 180 cm³/mol. The normalized spacial score (nSPS) is 12.6. The molecule has 2 N–H and O–H groups in total. The van der Waals surface area contributed by atoms with E-state index in [-0.39, 0.29) is 25.7 Å². The van der Waals surface area contributed by atoms with Gasteiger partial charge in [0.2, 0.25) is 0 Å². The summed E-state index contributed by atoms with van der Waals surface area (Å²) in [4.78, 5) is 40.0. The Morgan fingerprint density at radius 3 is 1.44 bits per heavy atom. The van der Waals surface area contributed by atoms with Crippen molar-refractivity contribution >= 4 is 93.0 Å². The van der Waals surface area contributed by atoms with Gasteiger partial charge in [0.05, 0.1) is 22.8 Å². The molecule has 45 heavy (non-hydrogen) atoms. The van der Waals surface area contributed by atoms with E-state index in [0.717, 1.165) is 74.2 Å². The molecule has 0 unspecified atom stereocenters. The molecule has 0 radical (unpaired) electrons. The third kappa shape index (κ3) is 7.50. The number of hydrogen-bond donors (Lipinski definition) is 2. The third-order valence-electron chi connectivity index (χ3n) is 8.67. The van der Waals surface area contributed by atoms with Crippen molar-refractivity contribution in [2.24, 2.45) is 0 Å². The van der Waals surface area contributed by atoms with Gasteiger partial charge in [-0.3, -0.25) is 0 Å². The minimum absolute atomic E-state index is 0.133. The zero-order valence-corrected chi connectivity index (χ0v) is 30.7. The molecule has 0 saturated heterocycles. The Bertz CT molecular complexity index is 1890. The molecule has 0 atom stereocenters. The van der Waals surface area contributed by atoms with Gasteiger partial charge in [0.15, 0.2) is 0 Å². The molecule has 0 spiro atoms. The standard InChI is InChI=1S/C34H38N4O4.2ClH.Sn/c1-7-21-17(3)25-13-26-19(5)23(9-11-33(39)40)31(37-26)16-32-24(10-12-34(41)42)20(6)28(38-32)15-30-22(8-2)18(4)27(36-30)14-29(21)35-25;;;/h13-16,35-36H,7-12H2,1-6H3,(H,39,40)(H,41,42);2*1H;/q;;;+4/p-4. The molecule has 0 saturated carbocycles. The quantitative estimate of drug-likeness (QED) is 0.272. The van der Waals surface area contributed by atoms with Crippen LogP contribution >= 0.6 is 17.8 Å². The molecule has 2 aliphatic rings. The number of halogens is 2. The van der Waals surface area contributed by atoms with Gasteiger partial charge < -0.3 is 29.8 Å². The molecule has 0 aliphatic carbocycles. The van der Waals surface area contributed by atoms with Crippen molar-refractivity contribution in [3.05, 3.63) is 69.3 Å². The first-order chi connectivity index (χ1) is 21.4. The van der Waals surface area contributed by atoms with Gasteiger partial charge >= 0.3 is 36.7 Å². The van der Waals surface area contributed by atoms with Crippen molar-refractivity contribution in [2.45, 2.75) is 80.1 Å². The van der Waals surface area contributed by atoms with Crippen LogP contribution in [0.2, 0.25) is 0 Å². The van der Waals surface area contributed by atoms with Gasteiger partial charge in [0.1, 0.15) is 0 Å². The molecular formula is C34H36Cl2N4O4Sn. The van der Waals surface area contributed by atoms with Crippen molar-refractivity contribution in [3.63, 3.8) is 0 Å². The van der Waals surface area contributed by atoms with Crippen LogP contribution in [0.1, 0.15) is 98.4 Å². The van der Waals surface area contributed by atoms with E-state index in [4.69, 9.17) is 27.8 Å². The van der Waals surface area contributed by atoms with E-state index in [2.05, 4.69) is 43.7 Å². The second kappa shape index (κ2) is 15.0. The zero-order chi connectivity index (χ0) is 33.0. The molecule has 5 rings (SSSR count). The Balaban J connectivity index is 0.00000148. The number of carboxylic acid groups (broad SMARTS) is 2. The van der Waals surface area contributed by atoms with Gasteiger partial charge in [0.25, 0.3) is 0 Å². The van der Waals surface area contributed by atoms with Gasteiger partial charge in [0, 0.05) is 34.0 Å². The number of rotatable bonds is 8. The Morgan fingerprint density at radius 1 is 0.667 bits per heavy atom. The first-order valence-electron chi connectivity index (χ1n) is 14.9. The summed E-state index contributed by atoms with van der Waals surface area (Å²) in [7, 11) is 9.87. The summed E-state index contributed by atoms with van der Waals surface area (Å²) in [6.07, 6.45) is 1.96. The number of aromatic amines is 2. The zero-order valence-electron chi connectivity index (χ0n) is 26.3. The molecule has 3 aromatic heterocycles. The van der Waals surface area contributed by atoms with Crippen LogP contribution in [-0.2, 0) is 22.4 Å². The molecule has 11 heteroatoms. The summed E-state index contributed by atoms with van der Waals surface area (Å²) < 4.78 is 0. The number of nitrogens with zero attached hydrogens (tertiary/aromatic N) is 2. The van der Waals surface area contributed by atoms with Crippen molar-refractivity contribution in [2.75, 3.05) is 0 Å². The fourth-order valence-electron chi connectivity index (χ4n) is 6.21. The molecule has 8 nitrogen and oxygen atoms in total. The topological polar surface area (TPSA) is 138 Å². The summed E-state index contributed by atoms with van der Waals surface area (Å²) in [5.41, 5.74) is 14.9. The summed E-state index contributed by atoms with van der Waals surface area (Å²) in [6.45, 7) is 12.4. The van der Waals surface area contributed by atoms with Crippen LogP contribution in [0.25, 0.3) is 44.4 Å². The van der Waals surface area contributed by atoms with Crippen LogP contribution in [0.5, 0.6) is 0 Å². The number of nitrogens with one attached hydrogen (secondary N) is 2. The van der Waals surface area contributed by atoms with Crippen molar-refractivity contribution in [3.8, 4) is 0 Å². The van der Waals surface area contributed by atoms with Crippen LogP contribution in [0.15, 0.2) is 24.3 Å². The first-order valence-corrected chi connectivity index (χ1v) is 22.2. The van der Waals surface area contributed by atoms with Crippen LogP contribution in [-0.4, -0.2) is 50.8 Å². The second-order valence-corrected chi connectivity index (χ2v) is 15.4. The van der Waals surface area contributed by atoms with Crippen LogP contribution in [0.3, 0.4) is 0 Å². The number of aryl methyl sites for hydroxylation is 4. The monoisotopic (exact) mass is 754 g/mol. The molecule has 0 amide bonds. The maximum absolute atomic E-state index is 11.4. The van der Waals surface area contributed by atoms with Crippen LogP contribution in [0, 0.1) is 13.8 Å². The number of aliphatic carboxylic acids is 2. The average molecular weight is 754 g/mol. The van der Waals surface area contributed by atoms with E-state index in [1.165, 1.54) is 16.7 Å². The Labute approximate surface area is 280 Å². The Morgan fingerprint density at radius 2 is 1.04 bits per heavy atom. The predicted octanol–water partition coefficient (Wildman–Crippen LogP) is 5.98. The number of carbonyl (C=O) groups excluding carboxylic acids is 2. The molecule has 8 bridgehead atoms. The number of allylic oxidation sites excluding steroid dienone is 4. The summed E-state index contributed by atoms with van der Waals surface area (Å²) in [5, 5.41) is 22.8. The molecule has 234 valence electrons. The maximum atomic E-state index is 11.4. The van der Waals surface area contributed by atoms with Crippen LogP contribution in [0.4, 0.5) is 0 Å². The number of H-pyrrole nitrogens is 2. The van der Waals surface area contributed by atoms with E-state index < -0.39 is 30.8 Å². The number of carboxylic acids is 2. The SMILES string of the molecule is CCc1c(C)c2cc3[nH]c(cc4nc(cc5nc(cc1[nH]2)C(C)=C5CCC(=O)[O-])C(CCC(=O)[O-])=C4C)c(C)c3CC.[Cl][Sn+2][Cl]. The van der Waals surface area contributed by atoms with Gasteiger partial charge in [-0.05, 0) is 135 Å². The summed E-state index contributed by atoms with van der Waals surface area (Å²) in [6, 6.07) is 8.09. The van der Waals surface area contributed by atoms with E-state index in [1.54, 1.807) is 0 Å². The molecule has 0 fully saturated rings. The average Bonchev–Trinajstić information content (AvgIpc) is 3.64. The van der Waals surface area contributed by atoms with Crippen LogP contribution < -0.4 is 10.2 Å². The number of fused-ring (bicyclic) bond motifs is 8. The number of carbonyl (C=O) groups is 2. The second-order valence-electron chi connectivity index (χ2n) is 11.2. The van der Waals surface area contributed by atoms with E-state index in [9.17, 15) is 19.8 Å². The molecular weight excluding hydrogens is 718 g/mol. The summed E-state index contributed by atoms with van der Waals surface area (Å²) in [5.74, 6) is -2.25. The van der Waals surface area contributed by atoms with Gasteiger partial charge in [-0.25, -0.2) is 9.97 Å². The molecule has 3 aromatic rings.